The Morgan fingerprint density at radius 2 is 1.93 bits per heavy atom. The first-order valence-corrected chi connectivity index (χ1v) is 8.92. The highest BCUT2D eigenvalue weighted by Crippen LogP contribution is 2.33. The Bertz CT molecular complexity index is 1130. The van der Waals surface area contributed by atoms with Gasteiger partial charge in [0.15, 0.2) is 0 Å². The van der Waals surface area contributed by atoms with E-state index in [1.807, 2.05) is 42.2 Å². The molecule has 4 aromatic rings. The van der Waals surface area contributed by atoms with Gasteiger partial charge < -0.3 is 9.47 Å². The van der Waals surface area contributed by atoms with Gasteiger partial charge in [-0.25, -0.2) is 9.50 Å². The number of aryl methyl sites for hydroxylation is 1. The number of rotatable bonds is 2. The van der Waals surface area contributed by atoms with Gasteiger partial charge in [-0.3, -0.25) is 4.79 Å². The first-order valence-electron chi connectivity index (χ1n) is 8.92. The molecule has 27 heavy (non-hydrogen) atoms. The van der Waals surface area contributed by atoms with Crippen molar-refractivity contribution >= 4 is 11.7 Å². The molecule has 0 spiro atoms. The average Bonchev–Trinajstić information content (AvgIpc) is 3.35. The Morgan fingerprint density at radius 1 is 1.07 bits per heavy atom. The third-order valence-corrected chi connectivity index (χ3v) is 5.04. The maximum absolute atomic E-state index is 13.3. The first kappa shape index (κ1) is 15.7. The van der Waals surface area contributed by atoms with E-state index in [4.69, 9.17) is 0 Å². The molecule has 0 unspecified atom stereocenters. The van der Waals surface area contributed by atoms with Gasteiger partial charge in [0.05, 0.1) is 6.04 Å². The zero-order chi connectivity index (χ0) is 18.4. The van der Waals surface area contributed by atoms with Crippen LogP contribution >= 0.6 is 0 Å². The molecule has 1 amide bonds. The summed E-state index contributed by atoms with van der Waals surface area (Å²) < 4.78 is 3.81. The molecular formula is C20H18N6O. The number of aromatic nitrogens is 5. The SMILES string of the molecule is Cc1ccnc2nc(C(=O)N3CCn4cccc4[C@H]3c3ccccc3)nn12. The zero-order valence-electron chi connectivity index (χ0n) is 14.9. The van der Waals surface area contributed by atoms with E-state index in [0.717, 1.165) is 23.5 Å². The van der Waals surface area contributed by atoms with Crippen molar-refractivity contribution in [1.82, 2.24) is 29.0 Å². The fourth-order valence-electron chi connectivity index (χ4n) is 3.71. The van der Waals surface area contributed by atoms with Crippen molar-refractivity contribution in [2.24, 2.45) is 0 Å². The van der Waals surface area contributed by atoms with Gasteiger partial charge in [0.1, 0.15) is 0 Å². The normalized spacial score (nSPS) is 16.5. The first-order chi connectivity index (χ1) is 13.2. The minimum absolute atomic E-state index is 0.164. The lowest BCUT2D eigenvalue weighted by Crippen LogP contribution is -2.42. The fraction of sp³-hybridized carbons (Fsp3) is 0.200. The smallest absolute Gasteiger partial charge is 0.294 e. The van der Waals surface area contributed by atoms with Crippen LogP contribution in [0.4, 0.5) is 0 Å². The average molecular weight is 358 g/mol. The van der Waals surface area contributed by atoms with E-state index >= 15 is 0 Å². The van der Waals surface area contributed by atoms with Crippen LogP contribution in [-0.2, 0) is 6.54 Å². The topological polar surface area (TPSA) is 68.3 Å². The van der Waals surface area contributed by atoms with E-state index in [1.165, 1.54) is 0 Å². The molecule has 0 aliphatic carbocycles. The summed E-state index contributed by atoms with van der Waals surface area (Å²) in [5, 5.41) is 4.40. The van der Waals surface area contributed by atoms with Crippen molar-refractivity contribution in [2.75, 3.05) is 6.54 Å². The number of hydrogen-bond acceptors (Lipinski definition) is 4. The van der Waals surface area contributed by atoms with Crippen molar-refractivity contribution < 1.29 is 4.79 Å². The van der Waals surface area contributed by atoms with Gasteiger partial charge in [-0.15, -0.1) is 5.10 Å². The number of carbonyl (C=O) groups excluding carboxylic acids is 1. The van der Waals surface area contributed by atoms with Crippen molar-refractivity contribution in [3.63, 3.8) is 0 Å². The molecule has 1 aromatic carbocycles. The van der Waals surface area contributed by atoms with Crippen LogP contribution in [0, 0.1) is 6.92 Å². The lowest BCUT2D eigenvalue weighted by Gasteiger charge is -2.36. The lowest BCUT2D eigenvalue weighted by molar-refractivity contribution is 0.0651. The second-order valence-corrected chi connectivity index (χ2v) is 6.67. The molecule has 7 heteroatoms. The summed E-state index contributed by atoms with van der Waals surface area (Å²) in [5.74, 6) is 0.439. The molecule has 4 heterocycles. The van der Waals surface area contributed by atoms with Gasteiger partial charge in [0.25, 0.3) is 11.7 Å². The molecule has 5 rings (SSSR count). The van der Waals surface area contributed by atoms with Crippen LogP contribution in [0.15, 0.2) is 60.9 Å². The van der Waals surface area contributed by atoms with Crippen LogP contribution in [0.5, 0.6) is 0 Å². The zero-order valence-corrected chi connectivity index (χ0v) is 14.9. The van der Waals surface area contributed by atoms with Crippen molar-refractivity contribution in [3.05, 3.63) is 83.7 Å². The van der Waals surface area contributed by atoms with Gasteiger partial charge >= 0.3 is 0 Å². The highest BCUT2D eigenvalue weighted by molar-refractivity contribution is 5.91. The van der Waals surface area contributed by atoms with E-state index in [1.54, 1.807) is 10.7 Å². The maximum atomic E-state index is 13.3. The molecule has 0 saturated heterocycles. The highest BCUT2D eigenvalue weighted by Gasteiger charge is 2.34. The number of hydrogen-bond donors (Lipinski definition) is 0. The van der Waals surface area contributed by atoms with Crippen LogP contribution in [0.1, 0.15) is 33.6 Å². The van der Waals surface area contributed by atoms with E-state index in [9.17, 15) is 4.79 Å². The highest BCUT2D eigenvalue weighted by atomic mass is 16.2. The number of benzene rings is 1. The van der Waals surface area contributed by atoms with E-state index in [2.05, 4.69) is 44.0 Å². The minimum atomic E-state index is -0.179. The quantitative estimate of drug-likeness (QED) is 0.552. The molecule has 7 nitrogen and oxygen atoms in total. The summed E-state index contributed by atoms with van der Waals surface area (Å²) in [6, 6.07) is 15.9. The van der Waals surface area contributed by atoms with Crippen LogP contribution in [-0.4, -0.2) is 41.5 Å². The molecule has 1 aliphatic heterocycles. The standard InChI is InChI=1S/C20H18N6O/c1-14-9-10-21-20-22-18(23-26(14)20)19(27)25-13-12-24-11-5-8-16(24)17(25)15-6-3-2-4-7-15/h2-11,17H,12-13H2,1H3/t17-/m1/s1. The molecule has 0 radical (unpaired) electrons. The lowest BCUT2D eigenvalue weighted by atomic mass is 10.00. The van der Waals surface area contributed by atoms with Crippen molar-refractivity contribution in [2.45, 2.75) is 19.5 Å². The monoisotopic (exact) mass is 358 g/mol. The Morgan fingerprint density at radius 3 is 2.74 bits per heavy atom. The number of fused-ring (bicyclic) bond motifs is 2. The van der Waals surface area contributed by atoms with Gasteiger partial charge in [-0.05, 0) is 30.7 Å². The third-order valence-electron chi connectivity index (χ3n) is 5.04. The third kappa shape index (κ3) is 2.51. The van der Waals surface area contributed by atoms with Gasteiger partial charge in [-0.1, -0.05) is 30.3 Å². The molecule has 0 bridgehead atoms. The van der Waals surface area contributed by atoms with Gasteiger partial charge in [-0.2, -0.15) is 4.98 Å². The molecular weight excluding hydrogens is 340 g/mol. The number of nitrogens with zero attached hydrogens (tertiary/aromatic N) is 6. The van der Waals surface area contributed by atoms with Crippen LogP contribution in [0.2, 0.25) is 0 Å². The maximum Gasteiger partial charge on any atom is 0.294 e. The summed E-state index contributed by atoms with van der Waals surface area (Å²) in [6.07, 6.45) is 3.73. The Kier molecular flexibility index (Phi) is 3.53. The Labute approximate surface area is 155 Å². The molecule has 0 N–H and O–H groups in total. The van der Waals surface area contributed by atoms with Crippen molar-refractivity contribution in [3.8, 4) is 0 Å². The summed E-state index contributed by atoms with van der Waals surface area (Å²) in [7, 11) is 0. The fourth-order valence-corrected chi connectivity index (χ4v) is 3.71. The molecule has 1 atom stereocenters. The summed E-state index contributed by atoms with van der Waals surface area (Å²) in [5.41, 5.74) is 3.06. The predicted octanol–water partition coefficient (Wildman–Crippen LogP) is 2.48. The second kappa shape index (κ2) is 6.05. The molecule has 0 saturated carbocycles. The van der Waals surface area contributed by atoms with E-state index in [0.29, 0.717) is 12.3 Å². The molecule has 0 fully saturated rings. The molecule has 3 aromatic heterocycles. The van der Waals surface area contributed by atoms with Gasteiger partial charge in [0, 0.05) is 36.9 Å². The summed E-state index contributed by atoms with van der Waals surface area (Å²) in [6.45, 7) is 3.27. The molecule has 134 valence electrons. The Hall–Kier alpha value is -3.48. The molecule has 1 aliphatic rings. The number of carbonyl (C=O) groups is 1. The summed E-state index contributed by atoms with van der Waals surface area (Å²) in [4.78, 5) is 23.8. The predicted molar refractivity (Wildman–Crippen MR) is 99.3 cm³/mol. The largest absolute Gasteiger partial charge is 0.348 e. The minimum Gasteiger partial charge on any atom is -0.348 e. The second-order valence-electron chi connectivity index (χ2n) is 6.67. The van der Waals surface area contributed by atoms with Gasteiger partial charge in [0.2, 0.25) is 5.82 Å². The Balaban J connectivity index is 1.59. The van der Waals surface area contributed by atoms with E-state index < -0.39 is 0 Å². The van der Waals surface area contributed by atoms with Crippen LogP contribution < -0.4 is 0 Å². The van der Waals surface area contributed by atoms with E-state index in [-0.39, 0.29) is 17.8 Å². The number of amides is 1. The summed E-state index contributed by atoms with van der Waals surface area (Å²) >= 11 is 0. The van der Waals surface area contributed by atoms with Crippen molar-refractivity contribution in [1.29, 1.82) is 0 Å². The van der Waals surface area contributed by atoms with Crippen LogP contribution in [0.25, 0.3) is 5.78 Å². The van der Waals surface area contributed by atoms with Crippen LogP contribution in [0.3, 0.4) is 0 Å².